The molecule has 0 heterocycles. The van der Waals surface area contributed by atoms with Crippen LogP contribution in [0.5, 0.6) is 11.5 Å². The highest BCUT2D eigenvalue weighted by Gasteiger charge is 2.15. The van der Waals surface area contributed by atoms with Gasteiger partial charge >= 0.3 is 6.03 Å². The van der Waals surface area contributed by atoms with Crippen LogP contribution in [0.2, 0.25) is 0 Å². The number of hydrogen-bond donors (Lipinski definition) is 2. The number of benzene rings is 1. The zero-order chi connectivity index (χ0) is 17.2. The fraction of sp³-hybridized carbons (Fsp3) is 0.632. The molecule has 2 rings (SSSR count). The van der Waals surface area contributed by atoms with Crippen LogP contribution in [0.1, 0.15) is 51.5 Å². The second-order valence-electron chi connectivity index (χ2n) is 6.13. The summed E-state index contributed by atoms with van der Waals surface area (Å²) in [5.74, 6) is 1.54. The van der Waals surface area contributed by atoms with Crippen molar-refractivity contribution in [2.45, 2.75) is 58.4 Å². The van der Waals surface area contributed by atoms with Crippen LogP contribution in [-0.4, -0.2) is 31.8 Å². The van der Waals surface area contributed by atoms with Crippen molar-refractivity contribution in [3.05, 3.63) is 23.8 Å². The Hall–Kier alpha value is -1.91. The van der Waals surface area contributed by atoms with Crippen LogP contribution in [0.25, 0.3) is 0 Å². The summed E-state index contributed by atoms with van der Waals surface area (Å²) in [6, 6.07) is 6.24. The molecule has 1 aliphatic rings. The number of nitrogens with one attached hydrogen (secondary N) is 2. The first-order chi connectivity index (χ1) is 11.7. The van der Waals surface area contributed by atoms with Gasteiger partial charge in [0.1, 0.15) is 0 Å². The quantitative estimate of drug-likeness (QED) is 0.763. The Kier molecular flexibility index (Phi) is 7.72. The van der Waals surface area contributed by atoms with Crippen molar-refractivity contribution < 1.29 is 14.3 Å². The van der Waals surface area contributed by atoms with Crippen molar-refractivity contribution in [2.75, 3.05) is 19.8 Å². The van der Waals surface area contributed by atoms with Crippen molar-refractivity contribution >= 4 is 6.03 Å². The number of rotatable bonds is 8. The summed E-state index contributed by atoms with van der Waals surface area (Å²) in [7, 11) is 0. The average Bonchev–Trinajstić information content (AvgIpc) is 2.58. The van der Waals surface area contributed by atoms with Gasteiger partial charge in [-0.05, 0) is 50.8 Å². The monoisotopic (exact) mass is 334 g/mol. The topological polar surface area (TPSA) is 59.6 Å². The maximum Gasteiger partial charge on any atom is 0.315 e. The highest BCUT2D eigenvalue weighted by Crippen LogP contribution is 2.28. The van der Waals surface area contributed by atoms with Gasteiger partial charge in [0.25, 0.3) is 0 Å². The SMILES string of the molecule is CCOc1ccc(CCNC(=O)NC2CCCCC2)cc1OCC. The van der Waals surface area contributed by atoms with Crippen molar-refractivity contribution in [2.24, 2.45) is 0 Å². The van der Waals surface area contributed by atoms with Gasteiger partial charge in [0.05, 0.1) is 13.2 Å². The van der Waals surface area contributed by atoms with Crippen molar-refractivity contribution in [3.63, 3.8) is 0 Å². The highest BCUT2D eigenvalue weighted by atomic mass is 16.5. The van der Waals surface area contributed by atoms with E-state index in [9.17, 15) is 4.79 Å². The van der Waals surface area contributed by atoms with Gasteiger partial charge in [-0.2, -0.15) is 0 Å². The summed E-state index contributed by atoms with van der Waals surface area (Å²) in [5, 5.41) is 6.02. The molecule has 0 atom stereocenters. The Bertz CT molecular complexity index is 513. The molecular weight excluding hydrogens is 304 g/mol. The molecule has 2 N–H and O–H groups in total. The lowest BCUT2D eigenvalue weighted by molar-refractivity contribution is 0.233. The van der Waals surface area contributed by atoms with Crippen molar-refractivity contribution in [3.8, 4) is 11.5 Å². The summed E-state index contributed by atoms with van der Waals surface area (Å²) < 4.78 is 11.2. The Morgan fingerprint density at radius 2 is 1.79 bits per heavy atom. The van der Waals surface area contributed by atoms with E-state index in [1.807, 2.05) is 32.0 Å². The number of carbonyl (C=O) groups is 1. The summed E-state index contributed by atoms with van der Waals surface area (Å²) in [4.78, 5) is 11.9. The summed E-state index contributed by atoms with van der Waals surface area (Å²) in [5.41, 5.74) is 1.12. The normalized spacial score (nSPS) is 14.9. The summed E-state index contributed by atoms with van der Waals surface area (Å²) in [6.45, 7) is 5.74. The van der Waals surface area contributed by atoms with E-state index in [0.717, 1.165) is 36.3 Å². The number of carbonyl (C=O) groups excluding carboxylic acids is 1. The Morgan fingerprint density at radius 3 is 2.50 bits per heavy atom. The van der Waals surface area contributed by atoms with Crippen LogP contribution in [0.3, 0.4) is 0 Å². The van der Waals surface area contributed by atoms with Crippen LogP contribution >= 0.6 is 0 Å². The Balaban J connectivity index is 1.78. The van der Waals surface area contributed by atoms with Gasteiger partial charge in [-0.1, -0.05) is 25.3 Å². The van der Waals surface area contributed by atoms with Gasteiger partial charge in [0, 0.05) is 12.6 Å². The van der Waals surface area contributed by atoms with E-state index < -0.39 is 0 Å². The highest BCUT2D eigenvalue weighted by molar-refractivity contribution is 5.74. The molecule has 5 nitrogen and oxygen atoms in total. The molecule has 0 bridgehead atoms. The fourth-order valence-electron chi connectivity index (χ4n) is 3.05. The molecule has 0 radical (unpaired) electrons. The predicted molar refractivity (Wildman–Crippen MR) is 95.9 cm³/mol. The average molecular weight is 334 g/mol. The molecule has 1 aromatic rings. The standard InChI is InChI=1S/C19H30N2O3/c1-3-23-17-11-10-15(14-18(17)24-4-2)12-13-20-19(22)21-16-8-6-5-7-9-16/h10-11,14,16H,3-9,12-13H2,1-2H3,(H2,20,21,22). The molecule has 0 aromatic heterocycles. The molecule has 24 heavy (non-hydrogen) atoms. The van der Waals surface area contributed by atoms with Crippen LogP contribution in [0.15, 0.2) is 18.2 Å². The van der Waals surface area contributed by atoms with E-state index in [4.69, 9.17) is 9.47 Å². The van der Waals surface area contributed by atoms with Gasteiger partial charge in [-0.25, -0.2) is 4.79 Å². The molecule has 0 unspecified atom stereocenters. The molecule has 1 aliphatic carbocycles. The Morgan fingerprint density at radius 1 is 1.08 bits per heavy atom. The zero-order valence-corrected chi connectivity index (χ0v) is 14.9. The van der Waals surface area contributed by atoms with Gasteiger partial charge in [-0.15, -0.1) is 0 Å². The third kappa shape index (κ3) is 5.95. The van der Waals surface area contributed by atoms with E-state index >= 15 is 0 Å². The molecule has 0 spiro atoms. The first-order valence-electron chi connectivity index (χ1n) is 9.15. The predicted octanol–water partition coefficient (Wildman–Crippen LogP) is 3.66. The Labute approximate surface area is 145 Å². The van der Waals surface area contributed by atoms with Crippen LogP contribution in [0.4, 0.5) is 4.79 Å². The third-order valence-corrected chi connectivity index (χ3v) is 4.25. The lowest BCUT2D eigenvalue weighted by atomic mass is 9.96. The van der Waals surface area contributed by atoms with Crippen LogP contribution in [0, 0.1) is 0 Å². The van der Waals surface area contributed by atoms with Gasteiger partial charge in [-0.3, -0.25) is 0 Å². The van der Waals surface area contributed by atoms with Gasteiger partial charge in [0.2, 0.25) is 0 Å². The molecule has 5 heteroatoms. The maximum absolute atomic E-state index is 11.9. The maximum atomic E-state index is 11.9. The minimum atomic E-state index is -0.0575. The minimum Gasteiger partial charge on any atom is -0.490 e. The molecule has 2 amide bonds. The van der Waals surface area contributed by atoms with Crippen molar-refractivity contribution in [1.29, 1.82) is 0 Å². The van der Waals surface area contributed by atoms with Gasteiger partial charge < -0.3 is 20.1 Å². The molecule has 1 fully saturated rings. The van der Waals surface area contributed by atoms with Crippen molar-refractivity contribution in [1.82, 2.24) is 10.6 Å². The second kappa shape index (κ2) is 10.1. The fourth-order valence-corrected chi connectivity index (χ4v) is 3.05. The minimum absolute atomic E-state index is 0.0575. The summed E-state index contributed by atoms with van der Waals surface area (Å²) in [6.07, 6.45) is 6.70. The molecule has 0 saturated heterocycles. The zero-order valence-electron chi connectivity index (χ0n) is 14.9. The lowest BCUT2D eigenvalue weighted by Crippen LogP contribution is -2.43. The van der Waals surface area contributed by atoms with E-state index in [-0.39, 0.29) is 6.03 Å². The molecule has 1 saturated carbocycles. The first kappa shape index (κ1) is 18.4. The third-order valence-electron chi connectivity index (χ3n) is 4.25. The first-order valence-corrected chi connectivity index (χ1v) is 9.15. The largest absolute Gasteiger partial charge is 0.490 e. The van der Waals surface area contributed by atoms with E-state index in [1.54, 1.807) is 0 Å². The number of hydrogen-bond acceptors (Lipinski definition) is 3. The molecule has 134 valence electrons. The second-order valence-corrected chi connectivity index (χ2v) is 6.13. The molecule has 0 aliphatic heterocycles. The van der Waals surface area contributed by atoms with E-state index in [2.05, 4.69) is 10.6 Å². The van der Waals surface area contributed by atoms with Crippen LogP contribution < -0.4 is 20.1 Å². The number of ether oxygens (including phenoxy) is 2. The lowest BCUT2D eigenvalue weighted by Gasteiger charge is -2.22. The number of amides is 2. The summed E-state index contributed by atoms with van der Waals surface area (Å²) >= 11 is 0. The van der Waals surface area contributed by atoms with E-state index in [1.165, 1.54) is 19.3 Å². The van der Waals surface area contributed by atoms with E-state index in [0.29, 0.717) is 25.8 Å². The van der Waals surface area contributed by atoms with Crippen LogP contribution in [-0.2, 0) is 6.42 Å². The molecule has 1 aromatic carbocycles. The van der Waals surface area contributed by atoms with Gasteiger partial charge in [0.15, 0.2) is 11.5 Å². The molecular formula is C19H30N2O3. The smallest absolute Gasteiger partial charge is 0.315 e. The number of urea groups is 1.